The van der Waals surface area contributed by atoms with E-state index in [2.05, 4.69) is 0 Å². The van der Waals surface area contributed by atoms with Crippen LogP contribution in [-0.2, 0) is 4.79 Å². The van der Waals surface area contributed by atoms with Crippen LogP contribution in [0, 0.1) is 0 Å². The molecule has 3 heteroatoms. The summed E-state index contributed by atoms with van der Waals surface area (Å²) in [7, 11) is 0. The Bertz CT molecular complexity index is 33.8. The molecule has 0 aliphatic carbocycles. The fraction of sp³-hybridized carbons (Fsp3) is 0.667. The van der Waals surface area contributed by atoms with Gasteiger partial charge in [0.15, 0.2) is 0 Å². The fourth-order valence-electron chi connectivity index (χ4n) is 0. The van der Waals surface area contributed by atoms with Gasteiger partial charge in [-0.15, -0.1) is 0 Å². The third kappa shape index (κ3) is 53.3. The average molecular weight is 208 g/mol. The molecule has 32 valence electrons. The molecule has 0 N–H and O–H groups in total. The second-order valence-corrected chi connectivity index (χ2v) is 0.908. The number of hydrogen-bond donors (Lipinski definition) is 0. The standard InChI is InChI=1S/C3H6O.HI.Na/c1-3(2)4;;/h1-2H3;1H;/q;;+1/p-1. The van der Waals surface area contributed by atoms with Gasteiger partial charge in [0.1, 0.15) is 5.78 Å². The van der Waals surface area contributed by atoms with E-state index < -0.39 is 0 Å². The Balaban J connectivity index is -0.0000000450. The van der Waals surface area contributed by atoms with Crippen LogP contribution in [0.15, 0.2) is 0 Å². The first-order valence-electron chi connectivity index (χ1n) is 1.20. The van der Waals surface area contributed by atoms with Crippen LogP contribution in [0.4, 0.5) is 0 Å². The minimum absolute atomic E-state index is 0. The molecule has 0 heterocycles. The number of ketones is 1. The zero-order valence-corrected chi connectivity index (χ0v) is 8.44. The molecule has 0 unspecified atom stereocenters. The molecule has 0 aromatic carbocycles. The van der Waals surface area contributed by atoms with Gasteiger partial charge in [0, 0.05) is 0 Å². The average Bonchev–Trinajstić information content (AvgIpc) is 0.811. The van der Waals surface area contributed by atoms with Crippen LogP contribution in [0.2, 0.25) is 0 Å². The third-order valence-corrected chi connectivity index (χ3v) is 0. The molecule has 0 aliphatic rings. The molecule has 0 fully saturated rings. The predicted octanol–water partition coefficient (Wildman–Crippen LogP) is -5.40. The van der Waals surface area contributed by atoms with Crippen molar-refractivity contribution in [3.05, 3.63) is 0 Å². The number of rotatable bonds is 0. The van der Waals surface area contributed by atoms with Crippen LogP contribution in [0.5, 0.6) is 0 Å². The molecule has 0 saturated heterocycles. The summed E-state index contributed by atoms with van der Waals surface area (Å²) in [5.41, 5.74) is 0. The Hall–Kier alpha value is 1.40. The van der Waals surface area contributed by atoms with Crippen molar-refractivity contribution in [1.29, 1.82) is 0 Å². The van der Waals surface area contributed by atoms with Crippen LogP contribution in [0.25, 0.3) is 0 Å². The van der Waals surface area contributed by atoms with Crippen LogP contribution in [0.1, 0.15) is 13.8 Å². The van der Waals surface area contributed by atoms with E-state index in [1.807, 2.05) is 0 Å². The summed E-state index contributed by atoms with van der Waals surface area (Å²) < 4.78 is 0. The van der Waals surface area contributed by atoms with Gasteiger partial charge in [0.25, 0.3) is 0 Å². The Morgan fingerprint density at radius 3 is 1.33 bits per heavy atom. The van der Waals surface area contributed by atoms with E-state index in [4.69, 9.17) is 0 Å². The quantitative estimate of drug-likeness (QED) is 0.287. The molecule has 0 bridgehead atoms. The van der Waals surface area contributed by atoms with Crippen molar-refractivity contribution in [3.8, 4) is 0 Å². The molecular formula is C3H6INaO. The Labute approximate surface area is 77.2 Å². The van der Waals surface area contributed by atoms with Crippen molar-refractivity contribution in [2.45, 2.75) is 13.8 Å². The monoisotopic (exact) mass is 208 g/mol. The van der Waals surface area contributed by atoms with E-state index in [-0.39, 0.29) is 59.3 Å². The first kappa shape index (κ1) is 15.7. The van der Waals surface area contributed by atoms with E-state index >= 15 is 0 Å². The van der Waals surface area contributed by atoms with Gasteiger partial charge in [-0.3, -0.25) is 0 Å². The predicted molar refractivity (Wildman–Crippen MR) is 16.4 cm³/mol. The van der Waals surface area contributed by atoms with Crippen LogP contribution < -0.4 is 53.5 Å². The molecule has 0 rings (SSSR count). The van der Waals surface area contributed by atoms with E-state index in [9.17, 15) is 4.79 Å². The maximum Gasteiger partial charge on any atom is 1.00 e. The second kappa shape index (κ2) is 9.64. The molecule has 0 aliphatic heterocycles. The summed E-state index contributed by atoms with van der Waals surface area (Å²) in [5.74, 6) is 0.167. The first-order valence-corrected chi connectivity index (χ1v) is 1.20. The SMILES string of the molecule is CC(C)=O.[I-].[Na+]. The van der Waals surface area contributed by atoms with Gasteiger partial charge >= 0.3 is 29.6 Å². The summed E-state index contributed by atoms with van der Waals surface area (Å²) in [6.45, 7) is 3.06. The Morgan fingerprint density at radius 2 is 1.33 bits per heavy atom. The molecule has 0 amide bonds. The number of carbonyl (C=O) groups excluding carboxylic acids is 1. The molecule has 0 aromatic rings. The molecular weight excluding hydrogens is 202 g/mol. The first-order chi connectivity index (χ1) is 1.73. The third-order valence-electron chi connectivity index (χ3n) is 0. The van der Waals surface area contributed by atoms with Crippen molar-refractivity contribution in [2.75, 3.05) is 0 Å². The number of carbonyl (C=O) groups is 1. The van der Waals surface area contributed by atoms with E-state index in [1.54, 1.807) is 0 Å². The van der Waals surface area contributed by atoms with Gasteiger partial charge in [-0.2, -0.15) is 0 Å². The summed E-state index contributed by atoms with van der Waals surface area (Å²) >= 11 is 0. The number of Topliss-reactive ketones (excluding diaryl/α,β-unsaturated/α-hetero) is 1. The summed E-state index contributed by atoms with van der Waals surface area (Å²) in [6, 6.07) is 0. The summed E-state index contributed by atoms with van der Waals surface area (Å²) in [6.07, 6.45) is 0. The van der Waals surface area contributed by atoms with E-state index in [0.29, 0.717) is 0 Å². The van der Waals surface area contributed by atoms with Gasteiger partial charge in [-0.05, 0) is 13.8 Å². The Kier molecular flexibility index (Phi) is 25.2. The normalized spacial score (nSPS) is 4.33. The maximum atomic E-state index is 9.44. The zero-order valence-electron chi connectivity index (χ0n) is 4.29. The van der Waals surface area contributed by atoms with Crippen molar-refractivity contribution in [2.24, 2.45) is 0 Å². The number of halogens is 1. The smallest absolute Gasteiger partial charge is 1.00 e. The molecule has 0 saturated carbocycles. The summed E-state index contributed by atoms with van der Waals surface area (Å²) in [5, 5.41) is 0. The largest absolute Gasteiger partial charge is 1.00 e. The van der Waals surface area contributed by atoms with Crippen molar-refractivity contribution < 1.29 is 58.3 Å². The van der Waals surface area contributed by atoms with Crippen molar-refractivity contribution in [1.82, 2.24) is 0 Å². The van der Waals surface area contributed by atoms with Crippen LogP contribution >= 0.6 is 0 Å². The zero-order chi connectivity index (χ0) is 3.58. The van der Waals surface area contributed by atoms with Gasteiger partial charge in [-0.1, -0.05) is 0 Å². The number of hydrogen-bond acceptors (Lipinski definition) is 1. The van der Waals surface area contributed by atoms with Gasteiger partial charge < -0.3 is 28.8 Å². The minimum atomic E-state index is 0. The molecule has 0 aromatic heterocycles. The summed E-state index contributed by atoms with van der Waals surface area (Å²) in [4.78, 5) is 9.44. The minimum Gasteiger partial charge on any atom is -1.00 e. The van der Waals surface area contributed by atoms with Crippen molar-refractivity contribution >= 4 is 5.78 Å². The van der Waals surface area contributed by atoms with Gasteiger partial charge in [-0.25, -0.2) is 0 Å². The molecule has 0 atom stereocenters. The second-order valence-electron chi connectivity index (χ2n) is 0.908. The molecule has 1 nitrogen and oxygen atoms in total. The van der Waals surface area contributed by atoms with Crippen LogP contribution in [0.3, 0.4) is 0 Å². The fourth-order valence-corrected chi connectivity index (χ4v) is 0. The van der Waals surface area contributed by atoms with Crippen molar-refractivity contribution in [3.63, 3.8) is 0 Å². The van der Waals surface area contributed by atoms with E-state index in [1.165, 1.54) is 13.8 Å². The Morgan fingerprint density at radius 1 is 1.33 bits per heavy atom. The molecule has 6 heavy (non-hydrogen) atoms. The van der Waals surface area contributed by atoms with Gasteiger partial charge in [0.05, 0.1) is 0 Å². The topological polar surface area (TPSA) is 17.1 Å². The van der Waals surface area contributed by atoms with E-state index in [0.717, 1.165) is 0 Å². The molecule has 0 radical (unpaired) electrons. The van der Waals surface area contributed by atoms with Crippen LogP contribution in [-0.4, -0.2) is 5.78 Å². The van der Waals surface area contributed by atoms with Gasteiger partial charge in [0.2, 0.25) is 0 Å². The molecule has 0 spiro atoms. The maximum absolute atomic E-state index is 9.44.